The summed E-state index contributed by atoms with van der Waals surface area (Å²) in [6.45, 7) is 1.80. The van der Waals surface area contributed by atoms with E-state index in [9.17, 15) is 4.79 Å². The van der Waals surface area contributed by atoms with Gasteiger partial charge in [-0.25, -0.2) is 9.67 Å². The highest BCUT2D eigenvalue weighted by Gasteiger charge is 2.07. The van der Waals surface area contributed by atoms with E-state index in [1.165, 1.54) is 0 Å². The van der Waals surface area contributed by atoms with Crippen LogP contribution < -0.4 is 10.1 Å². The van der Waals surface area contributed by atoms with E-state index >= 15 is 0 Å². The Hall–Kier alpha value is -4.00. The smallest absolute Gasteiger partial charge is 0.224 e. The molecule has 0 saturated heterocycles. The summed E-state index contributed by atoms with van der Waals surface area (Å²) in [5.41, 5.74) is 1.86. The highest BCUT2D eigenvalue weighted by Crippen LogP contribution is 2.23. The first-order valence-electron chi connectivity index (χ1n) is 9.63. The van der Waals surface area contributed by atoms with Gasteiger partial charge in [-0.05, 0) is 49.2 Å². The van der Waals surface area contributed by atoms with E-state index in [-0.39, 0.29) is 5.91 Å². The highest BCUT2D eigenvalue weighted by molar-refractivity contribution is 5.90. The number of hydrogen-bond donors (Lipinski definition) is 1. The molecule has 150 valence electrons. The van der Waals surface area contributed by atoms with E-state index < -0.39 is 0 Å². The van der Waals surface area contributed by atoms with Gasteiger partial charge in [-0.3, -0.25) is 4.79 Å². The molecule has 0 aliphatic carbocycles. The number of rotatable bonds is 7. The van der Waals surface area contributed by atoms with Crippen LogP contribution >= 0.6 is 0 Å². The third kappa shape index (κ3) is 5.08. The number of nitrogens with one attached hydrogen (secondary N) is 1. The molecule has 4 rings (SSSR count). The molecule has 2 aromatic carbocycles. The molecule has 0 aliphatic heterocycles. The summed E-state index contributed by atoms with van der Waals surface area (Å²) >= 11 is 0. The molecule has 1 N–H and O–H groups in total. The third-order valence-electron chi connectivity index (χ3n) is 4.38. The van der Waals surface area contributed by atoms with Crippen LogP contribution in [-0.4, -0.2) is 25.7 Å². The van der Waals surface area contributed by atoms with Gasteiger partial charge in [0.2, 0.25) is 11.8 Å². The van der Waals surface area contributed by atoms with Crippen LogP contribution in [0.4, 0.5) is 5.69 Å². The van der Waals surface area contributed by atoms with Gasteiger partial charge < -0.3 is 10.1 Å². The Bertz CT molecular complexity index is 1110. The van der Waals surface area contributed by atoms with E-state index in [2.05, 4.69) is 20.4 Å². The molecule has 0 unspecified atom stereocenters. The minimum absolute atomic E-state index is 0.0252. The number of ether oxygens (including phenoxy) is 1. The minimum atomic E-state index is -0.0252. The van der Waals surface area contributed by atoms with Crippen LogP contribution in [0.1, 0.15) is 17.8 Å². The molecule has 0 fully saturated rings. The standard InChI is InChI=1S/C23H21N5O2/c1-17-25-21(28-15-5-14-24-28)16-23(26-17)30-20-11-9-19(10-12-20)27-22(29)13-8-18-6-3-2-4-7-18/h2-7,9-12,14-16H,8,13H2,1H3,(H,27,29). The Morgan fingerprint density at radius 2 is 1.83 bits per heavy atom. The number of aryl methyl sites for hydroxylation is 2. The molecule has 0 bridgehead atoms. The molecular formula is C23H21N5O2. The van der Waals surface area contributed by atoms with Gasteiger partial charge in [0, 0.05) is 30.6 Å². The zero-order valence-electron chi connectivity index (χ0n) is 16.5. The quantitative estimate of drug-likeness (QED) is 0.500. The lowest BCUT2D eigenvalue weighted by molar-refractivity contribution is -0.116. The van der Waals surface area contributed by atoms with Crippen molar-refractivity contribution < 1.29 is 9.53 Å². The van der Waals surface area contributed by atoms with Gasteiger partial charge in [0.05, 0.1) is 0 Å². The van der Waals surface area contributed by atoms with E-state index in [0.717, 1.165) is 11.3 Å². The van der Waals surface area contributed by atoms with Gasteiger partial charge >= 0.3 is 0 Å². The summed E-state index contributed by atoms with van der Waals surface area (Å²) < 4.78 is 7.51. The molecule has 0 saturated carbocycles. The van der Waals surface area contributed by atoms with Gasteiger partial charge in [0.15, 0.2) is 5.82 Å². The summed E-state index contributed by atoms with van der Waals surface area (Å²) in [5, 5.41) is 7.09. The normalized spacial score (nSPS) is 10.6. The van der Waals surface area contributed by atoms with Crippen LogP contribution in [-0.2, 0) is 11.2 Å². The molecule has 2 heterocycles. The maximum Gasteiger partial charge on any atom is 0.224 e. The van der Waals surface area contributed by atoms with E-state index in [1.807, 2.05) is 36.4 Å². The molecule has 0 atom stereocenters. The zero-order chi connectivity index (χ0) is 20.8. The van der Waals surface area contributed by atoms with Gasteiger partial charge in [0.1, 0.15) is 11.6 Å². The van der Waals surface area contributed by atoms with E-state index in [0.29, 0.717) is 36.1 Å². The summed E-state index contributed by atoms with van der Waals surface area (Å²) in [5.74, 6) is 2.22. The van der Waals surface area contributed by atoms with Crippen LogP contribution in [0, 0.1) is 6.92 Å². The average Bonchev–Trinajstić information content (AvgIpc) is 3.29. The lowest BCUT2D eigenvalue weighted by Gasteiger charge is -2.09. The fourth-order valence-electron chi connectivity index (χ4n) is 2.95. The Kier molecular flexibility index (Phi) is 5.80. The first kappa shape index (κ1) is 19.3. The first-order valence-corrected chi connectivity index (χ1v) is 9.63. The lowest BCUT2D eigenvalue weighted by atomic mass is 10.1. The van der Waals surface area contributed by atoms with Gasteiger partial charge in [-0.15, -0.1) is 0 Å². The monoisotopic (exact) mass is 399 g/mol. The largest absolute Gasteiger partial charge is 0.439 e. The minimum Gasteiger partial charge on any atom is -0.439 e. The van der Waals surface area contributed by atoms with Crippen molar-refractivity contribution in [3.05, 3.63) is 90.5 Å². The number of benzene rings is 2. The van der Waals surface area contributed by atoms with Crippen molar-refractivity contribution in [3.63, 3.8) is 0 Å². The number of nitrogens with zero attached hydrogens (tertiary/aromatic N) is 4. The molecule has 0 radical (unpaired) electrons. The maximum absolute atomic E-state index is 12.2. The lowest BCUT2D eigenvalue weighted by Crippen LogP contribution is -2.12. The summed E-state index contributed by atoms with van der Waals surface area (Å²) in [6.07, 6.45) is 4.63. The molecule has 7 heteroatoms. The van der Waals surface area contributed by atoms with Gasteiger partial charge in [-0.2, -0.15) is 10.1 Å². The van der Waals surface area contributed by atoms with Crippen molar-refractivity contribution in [1.82, 2.24) is 19.7 Å². The van der Waals surface area contributed by atoms with Crippen LogP contribution in [0.15, 0.2) is 79.1 Å². The summed E-state index contributed by atoms with van der Waals surface area (Å²) in [7, 11) is 0. The van der Waals surface area contributed by atoms with Crippen LogP contribution in [0.2, 0.25) is 0 Å². The van der Waals surface area contributed by atoms with Crippen LogP contribution in [0.25, 0.3) is 5.82 Å². The maximum atomic E-state index is 12.2. The van der Waals surface area contributed by atoms with Crippen LogP contribution in [0.5, 0.6) is 11.6 Å². The summed E-state index contributed by atoms with van der Waals surface area (Å²) in [6, 6.07) is 20.7. The number of carbonyl (C=O) groups is 1. The van der Waals surface area contributed by atoms with Crippen molar-refractivity contribution in [2.45, 2.75) is 19.8 Å². The zero-order valence-corrected chi connectivity index (χ0v) is 16.5. The Morgan fingerprint density at radius 1 is 1.03 bits per heavy atom. The average molecular weight is 399 g/mol. The van der Waals surface area contributed by atoms with Crippen molar-refractivity contribution in [1.29, 1.82) is 0 Å². The Balaban J connectivity index is 1.36. The number of hydrogen-bond acceptors (Lipinski definition) is 5. The fourth-order valence-corrected chi connectivity index (χ4v) is 2.95. The second-order valence-electron chi connectivity index (χ2n) is 6.72. The van der Waals surface area contributed by atoms with E-state index in [4.69, 9.17) is 4.74 Å². The fraction of sp³-hybridized carbons (Fsp3) is 0.130. The van der Waals surface area contributed by atoms with Gasteiger partial charge in [0.25, 0.3) is 0 Å². The van der Waals surface area contributed by atoms with Crippen molar-refractivity contribution in [2.24, 2.45) is 0 Å². The number of aromatic nitrogens is 4. The first-order chi connectivity index (χ1) is 14.7. The Morgan fingerprint density at radius 3 is 2.57 bits per heavy atom. The van der Waals surface area contributed by atoms with Gasteiger partial charge in [-0.1, -0.05) is 30.3 Å². The molecule has 30 heavy (non-hydrogen) atoms. The van der Waals surface area contributed by atoms with Crippen molar-refractivity contribution in [2.75, 3.05) is 5.32 Å². The second-order valence-corrected chi connectivity index (χ2v) is 6.72. The third-order valence-corrected chi connectivity index (χ3v) is 4.38. The molecule has 0 aliphatic rings. The molecule has 1 amide bonds. The molecule has 4 aromatic rings. The van der Waals surface area contributed by atoms with E-state index in [1.54, 1.807) is 54.3 Å². The summed E-state index contributed by atoms with van der Waals surface area (Å²) in [4.78, 5) is 20.9. The number of amides is 1. The predicted octanol–water partition coefficient (Wildman–Crippen LogP) is 4.33. The predicted molar refractivity (Wildman–Crippen MR) is 114 cm³/mol. The molecule has 0 spiro atoms. The highest BCUT2D eigenvalue weighted by atomic mass is 16.5. The topological polar surface area (TPSA) is 81.9 Å². The molecule has 2 aromatic heterocycles. The Labute approximate surface area is 174 Å². The van der Waals surface area contributed by atoms with Crippen molar-refractivity contribution in [3.8, 4) is 17.4 Å². The number of anilines is 1. The second kappa shape index (κ2) is 9.00. The van der Waals surface area contributed by atoms with Crippen LogP contribution in [0.3, 0.4) is 0 Å². The van der Waals surface area contributed by atoms with Crippen molar-refractivity contribution >= 4 is 11.6 Å². The molecule has 7 nitrogen and oxygen atoms in total. The number of carbonyl (C=O) groups excluding carboxylic acids is 1. The molecular weight excluding hydrogens is 378 g/mol. The SMILES string of the molecule is Cc1nc(Oc2ccc(NC(=O)CCc3ccccc3)cc2)cc(-n2cccn2)n1.